The third kappa shape index (κ3) is 3.57. The number of hydrogen-bond acceptors (Lipinski definition) is 5. The van der Waals surface area contributed by atoms with Gasteiger partial charge >= 0.3 is 0 Å². The van der Waals surface area contributed by atoms with Gasteiger partial charge in [0.15, 0.2) is 0 Å². The van der Waals surface area contributed by atoms with Crippen LogP contribution in [0.5, 0.6) is 0 Å². The van der Waals surface area contributed by atoms with Crippen molar-refractivity contribution in [3.8, 4) is 0 Å². The fourth-order valence-corrected chi connectivity index (χ4v) is 4.07. The van der Waals surface area contributed by atoms with Gasteiger partial charge in [-0.25, -0.2) is 18.4 Å². The van der Waals surface area contributed by atoms with E-state index in [-0.39, 0.29) is 23.5 Å². The monoisotopic (exact) mass is 303 g/mol. The third-order valence-electron chi connectivity index (χ3n) is 3.31. The van der Waals surface area contributed by atoms with Crippen LogP contribution in [0.1, 0.15) is 38.2 Å². The molecular weight excluding hydrogens is 286 g/mol. The fourth-order valence-electron chi connectivity index (χ4n) is 2.23. The predicted molar refractivity (Wildman–Crippen MR) is 76.4 cm³/mol. The first kappa shape index (κ1) is 14.5. The molecule has 0 aliphatic carbocycles. The van der Waals surface area contributed by atoms with Gasteiger partial charge in [-0.3, -0.25) is 0 Å². The smallest absolute Gasteiger partial charge is 0.150 e. The summed E-state index contributed by atoms with van der Waals surface area (Å²) < 4.78 is 22.8. The molecule has 0 saturated carbocycles. The van der Waals surface area contributed by atoms with Crippen molar-refractivity contribution in [3.63, 3.8) is 0 Å². The Morgan fingerprint density at radius 3 is 2.53 bits per heavy atom. The summed E-state index contributed by atoms with van der Waals surface area (Å²) in [7, 11) is -2.84. The molecule has 5 nitrogen and oxygen atoms in total. The summed E-state index contributed by atoms with van der Waals surface area (Å²) in [4.78, 5) is 8.23. The minimum Gasteiger partial charge on any atom is -0.367 e. The van der Waals surface area contributed by atoms with Gasteiger partial charge in [0.1, 0.15) is 27.1 Å². The standard InChI is InChI=1S/C12H18ClN3O2S/c1-8(2)10-11(13)14-7-15-12(10)16-9-3-5-19(17,18)6-4-9/h7-9H,3-6H2,1-2H3,(H,14,15,16). The average molecular weight is 304 g/mol. The Morgan fingerprint density at radius 1 is 1.32 bits per heavy atom. The van der Waals surface area contributed by atoms with Crippen molar-refractivity contribution < 1.29 is 8.42 Å². The minimum atomic E-state index is -2.84. The number of nitrogens with zero attached hydrogens (tertiary/aromatic N) is 2. The summed E-state index contributed by atoms with van der Waals surface area (Å²) in [5, 5.41) is 3.76. The van der Waals surface area contributed by atoms with Crippen LogP contribution in [0.3, 0.4) is 0 Å². The highest BCUT2D eigenvalue weighted by atomic mass is 35.5. The first-order valence-corrected chi connectivity index (χ1v) is 8.56. The third-order valence-corrected chi connectivity index (χ3v) is 5.32. The Labute approximate surface area is 118 Å². The molecule has 19 heavy (non-hydrogen) atoms. The second-order valence-corrected chi connectivity index (χ2v) is 7.81. The average Bonchev–Trinajstić information content (AvgIpc) is 2.31. The largest absolute Gasteiger partial charge is 0.367 e. The van der Waals surface area contributed by atoms with Crippen molar-refractivity contribution >= 4 is 27.3 Å². The van der Waals surface area contributed by atoms with Crippen LogP contribution < -0.4 is 5.32 Å². The van der Waals surface area contributed by atoms with Gasteiger partial charge in [-0.15, -0.1) is 0 Å². The van der Waals surface area contributed by atoms with Crippen molar-refractivity contribution in [2.24, 2.45) is 0 Å². The minimum absolute atomic E-state index is 0.131. The number of nitrogens with one attached hydrogen (secondary N) is 1. The lowest BCUT2D eigenvalue weighted by Gasteiger charge is -2.25. The predicted octanol–water partition coefficient (Wildman–Crippen LogP) is 2.24. The molecule has 1 fully saturated rings. The van der Waals surface area contributed by atoms with Crippen molar-refractivity contribution in [3.05, 3.63) is 17.0 Å². The Hall–Kier alpha value is -0.880. The highest BCUT2D eigenvalue weighted by Gasteiger charge is 2.25. The second kappa shape index (κ2) is 5.63. The molecule has 0 unspecified atom stereocenters. The van der Waals surface area contributed by atoms with Crippen molar-refractivity contribution in [1.82, 2.24) is 9.97 Å². The molecule has 0 aromatic carbocycles. The molecule has 106 valence electrons. The Balaban J connectivity index is 2.14. The highest BCUT2D eigenvalue weighted by molar-refractivity contribution is 7.91. The zero-order valence-corrected chi connectivity index (χ0v) is 12.6. The van der Waals surface area contributed by atoms with Crippen LogP contribution in [0.4, 0.5) is 5.82 Å². The van der Waals surface area contributed by atoms with E-state index in [1.807, 2.05) is 13.8 Å². The maximum atomic E-state index is 11.4. The van der Waals surface area contributed by atoms with E-state index in [0.717, 1.165) is 11.4 Å². The number of anilines is 1. The Morgan fingerprint density at radius 2 is 1.95 bits per heavy atom. The molecule has 1 saturated heterocycles. The molecule has 0 spiro atoms. The van der Waals surface area contributed by atoms with Crippen LogP contribution in [0, 0.1) is 0 Å². The fraction of sp³-hybridized carbons (Fsp3) is 0.667. The number of hydrogen-bond donors (Lipinski definition) is 1. The molecule has 7 heteroatoms. The van der Waals surface area contributed by atoms with Gasteiger partial charge < -0.3 is 5.32 Å². The van der Waals surface area contributed by atoms with Crippen molar-refractivity contribution in [2.45, 2.75) is 38.6 Å². The van der Waals surface area contributed by atoms with E-state index < -0.39 is 9.84 Å². The first-order chi connectivity index (χ1) is 8.89. The normalized spacial score (nSPS) is 19.6. The molecule has 1 aliphatic heterocycles. The molecule has 0 bridgehead atoms. The van der Waals surface area contributed by atoms with Gasteiger partial charge in [0.05, 0.1) is 11.5 Å². The molecule has 0 radical (unpaired) electrons. The van der Waals surface area contributed by atoms with Crippen LogP contribution in [-0.2, 0) is 9.84 Å². The van der Waals surface area contributed by atoms with Crippen LogP contribution in [0.2, 0.25) is 5.15 Å². The van der Waals surface area contributed by atoms with E-state index in [1.54, 1.807) is 0 Å². The summed E-state index contributed by atoms with van der Waals surface area (Å²) >= 11 is 6.10. The van der Waals surface area contributed by atoms with Gasteiger partial charge in [-0.05, 0) is 18.8 Å². The lowest BCUT2D eigenvalue weighted by atomic mass is 10.1. The lowest BCUT2D eigenvalue weighted by molar-refractivity contribution is 0.558. The van der Waals surface area contributed by atoms with E-state index in [4.69, 9.17) is 11.6 Å². The van der Waals surface area contributed by atoms with Crippen LogP contribution in [-0.4, -0.2) is 35.9 Å². The second-order valence-electron chi connectivity index (χ2n) is 5.15. The number of aromatic nitrogens is 2. The van der Waals surface area contributed by atoms with Crippen molar-refractivity contribution in [2.75, 3.05) is 16.8 Å². The molecule has 1 aromatic heterocycles. The van der Waals surface area contributed by atoms with E-state index >= 15 is 0 Å². The number of sulfone groups is 1. The summed E-state index contributed by atoms with van der Waals surface area (Å²) in [6, 6.07) is 0.131. The molecule has 0 atom stereocenters. The van der Waals surface area contributed by atoms with Crippen molar-refractivity contribution in [1.29, 1.82) is 0 Å². The summed E-state index contributed by atoms with van der Waals surface area (Å²) in [5.41, 5.74) is 0.887. The van der Waals surface area contributed by atoms with Gasteiger partial charge in [-0.2, -0.15) is 0 Å². The quantitative estimate of drug-likeness (QED) is 0.867. The molecule has 1 aromatic rings. The zero-order chi connectivity index (χ0) is 14.0. The zero-order valence-electron chi connectivity index (χ0n) is 11.1. The highest BCUT2D eigenvalue weighted by Crippen LogP contribution is 2.29. The Bertz CT molecular complexity index is 546. The van der Waals surface area contributed by atoms with E-state index in [0.29, 0.717) is 18.0 Å². The number of rotatable bonds is 3. The molecule has 2 rings (SSSR count). The topological polar surface area (TPSA) is 72.0 Å². The number of halogens is 1. The molecular formula is C12H18ClN3O2S. The van der Waals surface area contributed by atoms with E-state index in [2.05, 4.69) is 15.3 Å². The summed E-state index contributed by atoms with van der Waals surface area (Å²) in [5.74, 6) is 1.41. The van der Waals surface area contributed by atoms with E-state index in [9.17, 15) is 8.42 Å². The lowest BCUT2D eigenvalue weighted by Crippen LogP contribution is -2.32. The van der Waals surface area contributed by atoms with Gasteiger partial charge in [-0.1, -0.05) is 25.4 Å². The Kier molecular flexibility index (Phi) is 4.30. The van der Waals surface area contributed by atoms with Gasteiger partial charge in [0.2, 0.25) is 0 Å². The van der Waals surface area contributed by atoms with Crippen LogP contribution in [0.25, 0.3) is 0 Å². The maximum Gasteiger partial charge on any atom is 0.150 e. The van der Waals surface area contributed by atoms with Gasteiger partial charge in [0, 0.05) is 11.6 Å². The SMILES string of the molecule is CC(C)c1c(Cl)ncnc1NC1CCS(=O)(=O)CC1. The summed E-state index contributed by atoms with van der Waals surface area (Å²) in [6.07, 6.45) is 2.65. The van der Waals surface area contributed by atoms with Gasteiger partial charge in [0.25, 0.3) is 0 Å². The first-order valence-electron chi connectivity index (χ1n) is 6.36. The van der Waals surface area contributed by atoms with E-state index in [1.165, 1.54) is 6.33 Å². The molecule has 1 aliphatic rings. The molecule has 1 N–H and O–H groups in total. The summed E-state index contributed by atoms with van der Waals surface area (Å²) in [6.45, 7) is 4.06. The van der Waals surface area contributed by atoms with Crippen LogP contribution >= 0.6 is 11.6 Å². The molecule has 2 heterocycles. The molecule has 0 amide bonds. The maximum absolute atomic E-state index is 11.4. The van der Waals surface area contributed by atoms with Crippen LogP contribution in [0.15, 0.2) is 6.33 Å².